The van der Waals surface area contributed by atoms with Crippen molar-refractivity contribution in [1.29, 1.82) is 0 Å². The Morgan fingerprint density at radius 2 is 2.11 bits per heavy atom. The quantitative estimate of drug-likeness (QED) is 0.666. The van der Waals surface area contributed by atoms with E-state index in [1.165, 1.54) is 11.3 Å². The van der Waals surface area contributed by atoms with Gasteiger partial charge in [-0.2, -0.15) is 0 Å². The van der Waals surface area contributed by atoms with Gasteiger partial charge in [0.15, 0.2) is 0 Å². The van der Waals surface area contributed by atoms with E-state index < -0.39 is 0 Å². The molecule has 5 heterocycles. The Labute approximate surface area is 160 Å². The van der Waals surface area contributed by atoms with Crippen molar-refractivity contribution >= 4 is 11.6 Å². The maximum Gasteiger partial charge on any atom is 0.230 e. The van der Waals surface area contributed by atoms with Gasteiger partial charge in [-0.05, 0) is 43.4 Å². The molecular weight excluding hydrogens is 336 g/mol. The minimum absolute atomic E-state index is 0.0394. The Hall–Kier alpha value is -1.65. The first kappa shape index (κ1) is 15.3. The molecule has 6 aliphatic rings. The molecule has 7 rings (SSSR count). The highest BCUT2D eigenvalue weighted by Gasteiger charge is 2.78. The molecule has 1 saturated carbocycles. The average molecular weight is 362 g/mol. The number of hydrogen-bond donors (Lipinski definition) is 0. The minimum Gasteiger partial charge on any atom is -0.373 e. The van der Waals surface area contributed by atoms with E-state index in [1.807, 2.05) is 0 Å². The molecule has 3 unspecified atom stereocenters. The van der Waals surface area contributed by atoms with Gasteiger partial charge in [-0.15, -0.1) is 0 Å². The lowest BCUT2D eigenvalue weighted by molar-refractivity contribution is -0.146. The molecule has 1 aliphatic carbocycles. The summed E-state index contributed by atoms with van der Waals surface area (Å²) >= 11 is 0. The van der Waals surface area contributed by atoms with Crippen molar-refractivity contribution in [3.05, 3.63) is 41.5 Å². The Balaban J connectivity index is 1.61. The van der Waals surface area contributed by atoms with Crippen LogP contribution >= 0.6 is 0 Å². The predicted molar refractivity (Wildman–Crippen MR) is 103 cm³/mol. The topological polar surface area (TPSA) is 32.8 Å². The number of ether oxygens (including phenoxy) is 1. The second kappa shape index (κ2) is 4.49. The van der Waals surface area contributed by atoms with Crippen LogP contribution in [0.4, 0.5) is 5.69 Å². The molecule has 140 valence electrons. The molecular formula is C23H26N2O2. The van der Waals surface area contributed by atoms with E-state index in [4.69, 9.17) is 4.74 Å². The highest BCUT2D eigenvalue weighted by Crippen LogP contribution is 2.71. The van der Waals surface area contributed by atoms with E-state index in [-0.39, 0.29) is 23.0 Å². The summed E-state index contributed by atoms with van der Waals surface area (Å²) in [6.07, 6.45) is 4.09. The van der Waals surface area contributed by atoms with Crippen molar-refractivity contribution in [2.45, 2.75) is 49.8 Å². The van der Waals surface area contributed by atoms with Crippen molar-refractivity contribution in [3.63, 3.8) is 0 Å². The van der Waals surface area contributed by atoms with Crippen molar-refractivity contribution in [2.75, 3.05) is 24.6 Å². The lowest BCUT2D eigenvalue weighted by atomic mass is 9.44. The summed E-state index contributed by atoms with van der Waals surface area (Å²) in [5.74, 6) is 1.80. The third-order valence-electron chi connectivity index (χ3n) is 9.28. The number of hydrogen-bond acceptors (Lipinski definition) is 3. The molecule has 2 bridgehead atoms. The Morgan fingerprint density at radius 3 is 3.00 bits per heavy atom. The number of amides is 1. The van der Waals surface area contributed by atoms with Gasteiger partial charge in [-0.1, -0.05) is 36.8 Å². The number of anilines is 1. The number of carbonyl (C=O) groups is 1. The monoisotopic (exact) mass is 362 g/mol. The van der Waals surface area contributed by atoms with Gasteiger partial charge in [-0.25, -0.2) is 0 Å². The van der Waals surface area contributed by atoms with Gasteiger partial charge in [0.25, 0.3) is 0 Å². The molecule has 0 radical (unpaired) electrons. The van der Waals surface area contributed by atoms with Crippen LogP contribution in [-0.2, 0) is 14.9 Å². The van der Waals surface area contributed by atoms with Crippen LogP contribution in [0, 0.1) is 17.8 Å². The molecule has 4 fully saturated rings. The molecule has 1 amide bonds. The van der Waals surface area contributed by atoms with E-state index in [2.05, 4.69) is 54.0 Å². The first-order valence-electron chi connectivity index (χ1n) is 10.6. The first-order chi connectivity index (χ1) is 13.1. The van der Waals surface area contributed by atoms with Gasteiger partial charge < -0.3 is 9.64 Å². The molecule has 1 spiro atoms. The van der Waals surface area contributed by atoms with Crippen LogP contribution in [0.15, 0.2) is 35.9 Å². The second-order valence-electron chi connectivity index (χ2n) is 9.80. The zero-order valence-corrected chi connectivity index (χ0v) is 16.0. The van der Waals surface area contributed by atoms with E-state index in [0.29, 0.717) is 36.8 Å². The van der Waals surface area contributed by atoms with Crippen LogP contribution in [0.1, 0.15) is 32.3 Å². The Kier molecular flexibility index (Phi) is 2.55. The molecule has 7 atom stereocenters. The summed E-state index contributed by atoms with van der Waals surface area (Å²) in [6.45, 7) is 7.80. The molecule has 4 heteroatoms. The predicted octanol–water partition coefficient (Wildman–Crippen LogP) is 2.73. The largest absolute Gasteiger partial charge is 0.373 e. The summed E-state index contributed by atoms with van der Waals surface area (Å²) in [5.41, 5.74) is 4.04. The zero-order valence-electron chi connectivity index (χ0n) is 16.0. The van der Waals surface area contributed by atoms with Gasteiger partial charge in [0, 0.05) is 29.6 Å². The fourth-order valence-electron chi connectivity index (χ4n) is 8.74. The number of benzene rings is 1. The van der Waals surface area contributed by atoms with Gasteiger partial charge in [0.05, 0.1) is 24.7 Å². The van der Waals surface area contributed by atoms with Crippen LogP contribution in [-0.4, -0.2) is 48.2 Å². The summed E-state index contributed by atoms with van der Waals surface area (Å²) in [5, 5.41) is 0. The van der Waals surface area contributed by atoms with Crippen molar-refractivity contribution in [2.24, 2.45) is 17.8 Å². The van der Waals surface area contributed by atoms with E-state index >= 15 is 0 Å². The van der Waals surface area contributed by atoms with Crippen LogP contribution in [0.25, 0.3) is 0 Å². The smallest absolute Gasteiger partial charge is 0.230 e. The third kappa shape index (κ3) is 1.37. The molecule has 4 nitrogen and oxygen atoms in total. The Morgan fingerprint density at radius 1 is 1.26 bits per heavy atom. The highest BCUT2D eigenvalue weighted by atomic mass is 16.5. The standard InChI is InChI=1S/C23H26N2O2/c1-13-19-14-7-10-27-17-11-18(26)25-16-6-4-3-5-15(16)23(22(25,2)20(17)19)8-9-24(12-14)21(13)23/h3-7,13,17,19-21H,8-12H2,1-2H3/t13?,17?,19-,20+,21-,22?,23+/m0/s1. The van der Waals surface area contributed by atoms with Crippen LogP contribution in [0.5, 0.6) is 0 Å². The normalized spacial score (nSPS) is 49.0. The summed E-state index contributed by atoms with van der Waals surface area (Å²) < 4.78 is 6.36. The summed E-state index contributed by atoms with van der Waals surface area (Å²) in [6, 6.07) is 9.32. The van der Waals surface area contributed by atoms with Gasteiger partial charge >= 0.3 is 0 Å². The average Bonchev–Trinajstić information content (AvgIpc) is 3.07. The zero-order chi connectivity index (χ0) is 18.1. The molecule has 1 aromatic rings. The molecule has 1 aromatic carbocycles. The maximum atomic E-state index is 13.5. The van der Waals surface area contributed by atoms with E-state index in [9.17, 15) is 4.79 Å². The second-order valence-corrected chi connectivity index (χ2v) is 9.80. The van der Waals surface area contributed by atoms with Gasteiger partial charge in [0.2, 0.25) is 5.91 Å². The van der Waals surface area contributed by atoms with Crippen LogP contribution < -0.4 is 4.90 Å². The molecule has 0 aromatic heterocycles. The Bertz CT molecular complexity index is 925. The fraction of sp³-hybridized carbons (Fsp3) is 0.609. The maximum absolute atomic E-state index is 13.5. The number of fused-ring (bicyclic) bond motifs is 2. The fourth-order valence-corrected chi connectivity index (χ4v) is 8.74. The molecule has 0 N–H and O–H groups in total. The van der Waals surface area contributed by atoms with Gasteiger partial charge in [0.1, 0.15) is 0 Å². The molecule has 5 aliphatic heterocycles. The first-order valence-corrected chi connectivity index (χ1v) is 10.6. The number of rotatable bonds is 0. The number of piperidine rings is 2. The van der Waals surface area contributed by atoms with Crippen molar-refractivity contribution < 1.29 is 9.53 Å². The SMILES string of the molecule is CC1[C@H]2C3=CCOC4CC(=O)N5c6ccccc6[C@@]6(CCN(C3)[C@@H]16)C5(C)[C@H]42. The number of para-hydroxylation sites is 1. The highest BCUT2D eigenvalue weighted by molar-refractivity contribution is 6.00. The van der Waals surface area contributed by atoms with Crippen LogP contribution in [0.2, 0.25) is 0 Å². The van der Waals surface area contributed by atoms with E-state index in [1.54, 1.807) is 5.57 Å². The van der Waals surface area contributed by atoms with Crippen molar-refractivity contribution in [3.8, 4) is 0 Å². The minimum atomic E-state index is -0.183. The van der Waals surface area contributed by atoms with E-state index in [0.717, 1.165) is 19.5 Å². The lowest BCUT2D eigenvalue weighted by Crippen LogP contribution is -2.78. The molecule has 3 saturated heterocycles. The molecule has 27 heavy (non-hydrogen) atoms. The third-order valence-corrected chi connectivity index (χ3v) is 9.28. The number of nitrogens with zero attached hydrogens (tertiary/aromatic N) is 2. The summed E-state index contributed by atoms with van der Waals surface area (Å²) in [7, 11) is 0. The summed E-state index contributed by atoms with van der Waals surface area (Å²) in [4.78, 5) is 18.4. The lowest BCUT2D eigenvalue weighted by Gasteiger charge is -2.66. The van der Waals surface area contributed by atoms with Gasteiger partial charge in [-0.3, -0.25) is 9.69 Å². The van der Waals surface area contributed by atoms with Crippen molar-refractivity contribution in [1.82, 2.24) is 4.90 Å². The van der Waals surface area contributed by atoms with Crippen LogP contribution in [0.3, 0.4) is 0 Å². The number of carbonyl (C=O) groups excluding carboxylic acids is 1.